The predicted octanol–water partition coefficient (Wildman–Crippen LogP) is 8.06. The number of aromatic nitrogens is 1. The number of carbonyl (C=O) groups excluding carboxylic acids is 2. The summed E-state index contributed by atoms with van der Waals surface area (Å²) in [6.45, 7) is 8.21. The van der Waals surface area contributed by atoms with Crippen LogP contribution in [0.5, 0.6) is 5.75 Å². The van der Waals surface area contributed by atoms with Gasteiger partial charge in [0.2, 0.25) is 0 Å². The zero-order valence-corrected chi connectivity index (χ0v) is 33.1. The summed E-state index contributed by atoms with van der Waals surface area (Å²) >= 11 is 1.46. The molecule has 298 valence electrons. The Morgan fingerprint density at radius 2 is 1.53 bits per heavy atom. The second-order valence-corrected chi connectivity index (χ2v) is 17.4. The second kappa shape index (κ2) is 16.9. The SMILES string of the molecule is CC(C)(C)c1cc(C(=O)N2CCN(c3ccc(C(=O)NS(=O)(=O)c4ccc(NCCSc5ccccc5)c(C(F)(F)F)c4)cc3)CC2)cc(-c2cncc(O)c2)c1. The van der Waals surface area contributed by atoms with Gasteiger partial charge in [0.1, 0.15) is 5.75 Å². The molecule has 2 amide bonds. The largest absolute Gasteiger partial charge is 0.506 e. The molecule has 0 unspecified atom stereocenters. The van der Waals surface area contributed by atoms with Gasteiger partial charge < -0.3 is 20.2 Å². The fraction of sp³-hybridized carbons (Fsp3) is 0.262. The Hall–Kier alpha value is -5.54. The Balaban J connectivity index is 1.07. The van der Waals surface area contributed by atoms with Crippen molar-refractivity contribution >= 4 is 45.0 Å². The van der Waals surface area contributed by atoms with Gasteiger partial charge in [-0.15, -0.1) is 11.8 Å². The van der Waals surface area contributed by atoms with Crippen molar-refractivity contribution in [1.29, 1.82) is 0 Å². The number of hydrogen-bond acceptors (Lipinski definition) is 9. The number of nitrogens with zero attached hydrogens (tertiary/aromatic N) is 3. The summed E-state index contributed by atoms with van der Waals surface area (Å²) < 4.78 is 70.2. The number of nitrogens with one attached hydrogen (secondary N) is 2. The molecule has 3 N–H and O–H groups in total. The van der Waals surface area contributed by atoms with Crippen LogP contribution in [0.4, 0.5) is 24.5 Å². The van der Waals surface area contributed by atoms with Crippen LogP contribution < -0.4 is 14.9 Å². The van der Waals surface area contributed by atoms with Crippen molar-refractivity contribution < 1.29 is 36.3 Å². The molecule has 0 aliphatic carbocycles. The zero-order chi connectivity index (χ0) is 41.0. The summed E-state index contributed by atoms with van der Waals surface area (Å²) in [6.07, 6.45) is -1.87. The summed E-state index contributed by atoms with van der Waals surface area (Å²) in [5.74, 6) is -0.626. The first-order valence-corrected chi connectivity index (χ1v) is 20.6. The molecule has 0 saturated carbocycles. The number of aromatic hydroxyl groups is 1. The number of hydrogen-bond donors (Lipinski definition) is 3. The third kappa shape index (κ3) is 10.3. The van der Waals surface area contributed by atoms with Gasteiger partial charge >= 0.3 is 6.18 Å². The molecule has 2 heterocycles. The van der Waals surface area contributed by atoms with Crippen LogP contribution in [0.15, 0.2) is 119 Å². The highest BCUT2D eigenvalue weighted by atomic mass is 32.2. The van der Waals surface area contributed by atoms with Gasteiger partial charge in [-0.3, -0.25) is 14.6 Å². The molecule has 1 aliphatic rings. The average molecular weight is 818 g/mol. The molecular formula is C42H42F3N5O5S2. The number of halogens is 3. The minimum absolute atomic E-state index is 0.00199. The van der Waals surface area contributed by atoms with Crippen molar-refractivity contribution in [3.63, 3.8) is 0 Å². The Labute approximate surface area is 334 Å². The number of carbonyl (C=O) groups is 2. The van der Waals surface area contributed by atoms with E-state index < -0.39 is 32.6 Å². The van der Waals surface area contributed by atoms with Crippen molar-refractivity contribution in [2.24, 2.45) is 0 Å². The van der Waals surface area contributed by atoms with E-state index in [1.54, 1.807) is 35.4 Å². The topological polar surface area (TPSA) is 132 Å². The number of amides is 2. The summed E-state index contributed by atoms with van der Waals surface area (Å²) in [5.41, 5.74) is 2.01. The van der Waals surface area contributed by atoms with Crippen molar-refractivity contribution in [3.8, 4) is 16.9 Å². The van der Waals surface area contributed by atoms with Gasteiger partial charge in [-0.2, -0.15) is 13.2 Å². The van der Waals surface area contributed by atoms with E-state index in [1.165, 1.54) is 30.1 Å². The Morgan fingerprint density at radius 3 is 2.18 bits per heavy atom. The first-order valence-electron chi connectivity index (χ1n) is 18.1. The van der Waals surface area contributed by atoms with E-state index in [0.29, 0.717) is 49.1 Å². The zero-order valence-electron chi connectivity index (χ0n) is 31.5. The van der Waals surface area contributed by atoms with Crippen molar-refractivity contribution in [1.82, 2.24) is 14.6 Å². The van der Waals surface area contributed by atoms with E-state index in [4.69, 9.17) is 0 Å². The Bertz CT molecular complexity index is 2350. The average Bonchev–Trinajstić information content (AvgIpc) is 3.18. The van der Waals surface area contributed by atoms with Crippen LogP contribution in [0.1, 0.15) is 52.6 Å². The van der Waals surface area contributed by atoms with E-state index in [9.17, 15) is 36.3 Å². The van der Waals surface area contributed by atoms with E-state index >= 15 is 0 Å². The number of piperazine rings is 1. The number of thioether (sulfide) groups is 1. The van der Waals surface area contributed by atoms with Crippen LogP contribution in [0.3, 0.4) is 0 Å². The highest BCUT2D eigenvalue weighted by molar-refractivity contribution is 7.99. The van der Waals surface area contributed by atoms with Crippen LogP contribution in [-0.4, -0.2) is 73.7 Å². The molecule has 6 rings (SSSR count). The van der Waals surface area contributed by atoms with Gasteiger partial charge in [-0.05, 0) is 89.3 Å². The van der Waals surface area contributed by atoms with Crippen LogP contribution >= 0.6 is 11.8 Å². The van der Waals surface area contributed by atoms with E-state index in [-0.39, 0.29) is 34.9 Å². The first kappa shape index (κ1) is 41.1. The molecule has 5 aromatic rings. The lowest BCUT2D eigenvalue weighted by atomic mass is 9.84. The molecule has 0 spiro atoms. The lowest BCUT2D eigenvalue weighted by Crippen LogP contribution is -2.48. The quantitative estimate of drug-likeness (QED) is 0.0895. The Kier molecular flexibility index (Phi) is 12.2. The molecule has 1 aliphatic heterocycles. The van der Waals surface area contributed by atoms with E-state index in [0.717, 1.165) is 33.8 Å². The molecule has 1 fully saturated rings. The lowest BCUT2D eigenvalue weighted by Gasteiger charge is -2.36. The molecule has 0 radical (unpaired) electrons. The third-order valence-electron chi connectivity index (χ3n) is 9.43. The smallest absolute Gasteiger partial charge is 0.418 e. The highest BCUT2D eigenvalue weighted by Crippen LogP contribution is 2.37. The van der Waals surface area contributed by atoms with Gasteiger partial charge in [0.15, 0.2) is 0 Å². The van der Waals surface area contributed by atoms with Gasteiger partial charge in [0.05, 0.1) is 16.7 Å². The van der Waals surface area contributed by atoms with Crippen molar-refractivity contribution in [2.45, 2.75) is 42.2 Å². The standard InChI is InChI=1S/C42H42F3N5O5S2/c1-41(2,3)32-22-29(31-24-34(51)27-46-26-31)21-30(23-32)40(53)50-18-16-49(17-19-50)33-11-9-28(10-12-33)39(52)48-57(54,55)36-13-14-38(37(25-36)42(43,44)45)47-15-20-56-35-7-5-4-6-8-35/h4-14,21-27,47,51H,15-20H2,1-3H3,(H,48,52). The van der Waals surface area contributed by atoms with Crippen LogP contribution in [-0.2, 0) is 21.6 Å². The van der Waals surface area contributed by atoms with Gasteiger partial charge in [0, 0.05) is 77.6 Å². The molecule has 1 saturated heterocycles. The molecular weight excluding hydrogens is 776 g/mol. The number of sulfonamides is 1. The van der Waals surface area contributed by atoms with Crippen molar-refractivity contribution in [2.75, 3.05) is 48.7 Å². The molecule has 57 heavy (non-hydrogen) atoms. The summed E-state index contributed by atoms with van der Waals surface area (Å²) in [6, 6.07) is 25.5. The minimum Gasteiger partial charge on any atom is -0.506 e. The van der Waals surface area contributed by atoms with Crippen LogP contribution in [0, 0.1) is 0 Å². The number of benzene rings is 4. The molecule has 4 aromatic carbocycles. The number of anilines is 2. The predicted molar refractivity (Wildman–Crippen MR) is 216 cm³/mol. The van der Waals surface area contributed by atoms with E-state index in [1.807, 2.05) is 52.1 Å². The molecule has 0 atom stereocenters. The molecule has 0 bridgehead atoms. The summed E-state index contributed by atoms with van der Waals surface area (Å²) in [7, 11) is -4.66. The van der Waals surface area contributed by atoms with Crippen LogP contribution in [0.25, 0.3) is 11.1 Å². The van der Waals surface area contributed by atoms with Gasteiger partial charge in [-0.1, -0.05) is 45.0 Å². The second-order valence-electron chi connectivity index (χ2n) is 14.5. The van der Waals surface area contributed by atoms with Gasteiger partial charge in [-0.25, -0.2) is 13.1 Å². The normalized spacial score (nSPS) is 13.6. The minimum atomic E-state index is -4.86. The summed E-state index contributed by atoms with van der Waals surface area (Å²) in [4.78, 5) is 35.0. The highest BCUT2D eigenvalue weighted by Gasteiger charge is 2.35. The fourth-order valence-electron chi connectivity index (χ4n) is 6.30. The molecule has 1 aromatic heterocycles. The lowest BCUT2D eigenvalue weighted by molar-refractivity contribution is -0.137. The third-order valence-corrected chi connectivity index (χ3v) is 11.8. The maximum Gasteiger partial charge on any atom is 0.418 e. The fourth-order valence-corrected chi connectivity index (χ4v) is 8.09. The number of alkyl halides is 3. The molecule has 15 heteroatoms. The molecule has 10 nitrogen and oxygen atoms in total. The van der Waals surface area contributed by atoms with Gasteiger partial charge in [0.25, 0.3) is 21.8 Å². The first-order chi connectivity index (χ1) is 27.0. The summed E-state index contributed by atoms with van der Waals surface area (Å²) in [5, 5.41) is 12.7. The van der Waals surface area contributed by atoms with Crippen molar-refractivity contribution in [3.05, 3.63) is 132 Å². The van der Waals surface area contributed by atoms with Crippen LogP contribution in [0.2, 0.25) is 0 Å². The Morgan fingerprint density at radius 1 is 0.825 bits per heavy atom. The monoisotopic (exact) mass is 817 g/mol. The maximum atomic E-state index is 14.0. The maximum absolute atomic E-state index is 14.0. The van der Waals surface area contributed by atoms with E-state index in [2.05, 4.69) is 31.1 Å². The number of rotatable bonds is 11. The number of pyridine rings is 1.